The molecule has 1 aromatic rings. The summed E-state index contributed by atoms with van der Waals surface area (Å²) in [6.07, 6.45) is 1.93. The van der Waals surface area contributed by atoms with Gasteiger partial charge in [0, 0.05) is 0 Å². The zero-order valence-corrected chi connectivity index (χ0v) is 10.5. The molecule has 1 aromatic carbocycles. The Labute approximate surface area is 101 Å². The van der Waals surface area contributed by atoms with Gasteiger partial charge in [0.05, 0.1) is 11.1 Å². The van der Waals surface area contributed by atoms with Crippen LogP contribution in [0.4, 0.5) is 4.39 Å². The minimum atomic E-state index is -0.415. The molecule has 0 bridgehead atoms. The fourth-order valence-corrected chi connectivity index (χ4v) is 1.77. The average molecular weight is 245 g/mol. The maximum atomic E-state index is 12.9. The minimum Gasteiger partial charge on any atom is -0.393 e. The fourth-order valence-electron chi connectivity index (χ4n) is 1.57. The second-order valence-electron chi connectivity index (χ2n) is 4.58. The molecule has 1 atom stereocenters. The van der Waals surface area contributed by atoms with E-state index in [1.807, 2.05) is 0 Å². The lowest BCUT2D eigenvalue weighted by molar-refractivity contribution is 0.157. The van der Waals surface area contributed by atoms with Crippen molar-refractivity contribution in [2.75, 3.05) is 0 Å². The van der Waals surface area contributed by atoms with Crippen molar-refractivity contribution in [2.24, 2.45) is 5.92 Å². The van der Waals surface area contributed by atoms with Crippen molar-refractivity contribution >= 4 is 11.6 Å². The summed E-state index contributed by atoms with van der Waals surface area (Å²) in [4.78, 5) is 0. The van der Waals surface area contributed by atoms with Crippen molar-refractivity contribution in [3.8, 4) is 0 Å². The van der Waals surface area contributed by atoms with Crippen LogP contribution in [0, 0.1) is 11.7 Å². The molecule has 3 heteroatoms. The summed E-state index contributed by atoms with van der Waals surface area (Å²) in [6.45, 7) is 4.25. The molecule has 0 amide bonds. The van der Waals surface area contributed by atoms with Crippen LogP contribution in [0.3, 0.4) is 0 Å². The molecule has 0 fully saturated rings. The van der Waals surface area contributed by atoms with Gasteiger partial charge < -0.3 is 5.11 Å². The molecule has 0 spiro atoms. The van der Waals surface area contributed by atoms with Crippen LogP contribution in [0.5, 0.6) is 0 Å². The van der Waals surface area contributed by atoms with Crippen molar-refractivity contribution in [2.45, 2.75) is 39.2 Å². The summed E-state index contributed by atoms with van der Waals surface area (Å²) in [7, 11) is 0. The van der Waals surface area contributed by atoms with Crippen molar-refractivity contribution in [1.82, 2.24) is 0 Å². The van der Waals surface area contributed by atoms with E-state index in [0.29, 0.717) is 12.3 Å². The van der Waals surface area contributed by atoms with E-state index in [2.05, 4.69) is 13.8 Å². The molecule has 0 heterocycles. The van der Waals surface area contributed by atoms with E-state index in [0.717, 1.165) is 18.4 Å². The Morgan fingerprint density at radius 2 is 2.00 bits per heavy atom. The lowest BCUT2D eigenvalue weighted by atomic mass is 10.00. The first-order chi connectivity index (χ1) is 7.49. The minimum absolute atomic E-state index is 0.119. The van der Waals surface area contributed by atoms with E-state index >= 15 is 0 Å². The van der Waals surface area contributed by atoms with Crippen molar-refractivity contribution in [1.29, 1.82) is 0 Å². The lowest BCUT2D eigenvalue weighted by Crippen LogP contribution is -2.11. The Hall–Kier alpha value is -0.600. The highest BCUT2D eigenvalue weighted by molar-refractivity contribution is 6.30. The summed E-state index contributed by atoms with van der Waals surface area (Å²) in [5, 5.41) is 9.89. The van der Waals surface area contributed by atoms with Gasteiger partial charge in [-0.15, -0.1) is 0 Å². The molecule has 1 nitrogen and oxygen atoms in total. The van der Waals surface area contributed by atoms with E-state index in [4.69, 9.17) is 11.6 Å². The Morgan fingerprint density at radius 1 is 1.31 bits per heavy atom. The third-order valence-electron chi connectivity index (χ3n) is 2.53. The molecule has 0 aromatic heterocycles. The topological polar surface area (TPSA) is 20.2 Å². The van der Waals surface area contributed by atoms with Gasteiger partial charge in [-0.25, -0.2) is 4.39 Å². The summed E-state index contributed by atoms with van der Waals surface area (Å²) in [6, 6.07) is 4.59. The first-order valence-electron chi connectivity index (χ1n) is 5.61. The van der Waals surface area contributed by atoms with Gasteiger partial charge in [-0.3, -0.25) is 0 Å². The van der Waals surface area contributed by atoms with Crippen LogP contribution in [0.1, 0.15) is 32.3 Å². The third-order valence-corrected chi connectivity index (χ3v) is 2.82. The number of hydrogen-bond donors (Lipinski definition) is 1. The molecular formula is C13H18ClFO. The molecule has 1 N–H and O–H groups in total. The molecule has 0 aliphatic rings. The van der Waals surface area contributed by atoms with Gasteiger partial charge in [0.15, 0.2) is 0 Å². The smallest absolute Gasteiger partial charge is 0.141 e. The average Bonchev–Trinajstić information content (AvgIpc) is 2.21. The van der Waals surface area contributed by atoms with Gasteiger partial charge in [-0.1, -0.05) is 31.5 Å². The molecule has 16 heavy (non-hydrogen) atoms. The number of benzene rings is 1. The molecule has 0 saturated heterocycles. The molecule has 1 unspecified atom stereocenters. The largest absolute Gasteiger partial charge is 0.393 e. The summed E-state index contributed by atoms with van der Waals surface area (Å²) in [5.74, 6) is 0.175. The SMILES string of the molecule is CC(C)CCC(O)Cc1ccc(F)c(Cl)c1. The standard InChI is InChI=1S/C13H18ClFO/c1-9(2)3-5-11(16)7-10-4-6-13(15)12(14)8-10/h4,6,8-9,11,16H,3,5,7H2,1-2H3. The highest BCUT2D eigenvalue weighted by Crippen LogP contribution is 2.18. The third kappa shape index (κ3) is 4.50. The van der Waals surface area contributed by atoms with Gasteiger partial charge in [-0.05, 0) is 42.9 Å². The predicted molar refractivity (Wildman–Crippen MR) is 65.2 cm³/mol. The van der Waals surface area contributed by atoms with Crippen LogP contribution in [-0.4, -0.2) is 11.2 Å². The van der Waals surface area contributed by atoms with E-state index in [-0.39, 0.29) is 11.1 Å². The number of aliphatic hydroxyl groups excluding tert-OH is 1. The quantitative estimate of drug-likeness (QED) is 0.835. The van der Waals surface area contributed by atoms with E-state index in [1.165, 1.54) is 6.07 Å². The molecule has 0 saturated carbocycles. The highest BCUT2D eigenvalue weighted by Gasteiger charge is 2.08. The van der Waals surface area contributed by atoms with Crippen LogP contribution < -0.4 is 0 Å². The van der Waals surface area contributed by atoms with Crippen LogP contribution >= 0.6 is 11.6 Å². The van der Waals surface area contributed by atoms with Gasteiger partial charge in [0.25, 0.3) is 0 Å². The summed E-state index contributed by atoms with van der Waals surface area (Å²) in [5.41, 5.74) is 0.877. The second kappa shape index (κ2) is 6.21. The summed E-state index contributed by atoms with van der Waals surface area (Å²) >= 11 is 5.67. The second-order valence-corrected chi connectivity index (χ2v) is 4.98. The van der Waals surface area contributed by atoms with Crippen molar-refractivity contribution in [3.63, 3.8) is 0 Å². The van der Waals surface area contributed by atoms with Crippen LogP contribution in [-0.2, 0) is 6.42 Å². The number of rotatable bonds is 5. The van der Waals surface area contributed by atoms with Gasteiger partial charge in [-0.2, -0.15) is 0 Å². The first kappa shape index (κ1) is 13.5. The number of hydrogen-bond acceptors (Lipinski definition) is 1. The maximum Gasteiger partial charge on any atom is 0.141 e. The normalized spacial score (nSPS) is 13.1. The van der Waals surface area contributed by atoms with Crippen molar-refractivity contribution in [3.05, 3.63) is 34.6 Å². The molecule has 90 valence electrons. The number of halogens is 2. The predicted octanol–water partition coefficient (Wildman–Crippen LogP) is 3.82. The Bertz CT molecular complexity index is 339. The Kier molecular flexibility index (Phi) is 5.23. The fraction of sp³-hybridized carbons (Fsp3) is 0.538. The van der Waals surface area contributed by atoms with E-state index in [1.54, 1.807) is 12.1 Å². The number of aliphatic hydroxyl groups is 1. The highest BCUT2D eigenvalue weighted by atomic mass is 35.5. The zero-order chi connectivity index (χ0) is 12.1. The van der Waals surface area contributed by atoms with Crippen LogP contribution in [0.2, 0.25) is 5.02 Å². The van der Waals surface area contributed by atoms with Gasteiger partial charge in [0.1, 0.15) is 5.82 Å². The molecule has 1 rings (SSSR count). The molecule has 0 aliphatic heterocycles. The molecular weight excluding hydrogens is 227 g/mol. The van der Waals surface area contributed by atoms with Gasteiger partial charge >= 0.3 is 0 Å². The Morgan fingerprint density at radius 3 is 2.56 bits per heavy atom. The van der Waals surface area contributed by atoms with E-state index in [9.17, 15) is 9.50 Å². The maximum absolute atomic E-state index is 12.9. The zero-order valence-electron chi connectivity index (χ0n) is 9.71. The van der Waals surface area contributed by atoms with Crippen LogP contribution in [0.15, 0.2) is 18.2 Å². The van der Waals surface area contributed by atoms with Gasteiger partial charge in [0.2, 0.25) is 0 Å². The lowest BCUT2D eigenvalue weighted by Gasteiger charge is -2.12. The Balaban J connectivity index is 2.49. The summed E-state index contributed by atoms with van der Waals surface area (Å²) < 4.78 is 12.9. The molecule has 0 radical (unpaired) electrons. The van der Waals surface area contributed by atoms with E-state index < -0.39 is 5.82 Å². The first-order valence-corrected chi connectivity index (χ1v) is 5.99. The monoisotopic (exact) mass is 244 g/mol. The van der Waals surface area contributed by atoms with Crippen molar-refractivity contribution < 1.29 is 9.50 Å². The van der Waals surface area contributed by atoms with Crippen LogP contribution in [0.25, 0.3) is 0 Å². The molecule has 0 aliphatic carbocycles.